The summed E-state index contributed by atoms with van der Waals surface area (Å²) < 4.78 is 0. The highest BCUT2D eigenvalue weighted by Gasteiger charge is 2.14. The van der Waals surface area contributed by atoms with Crippen LogP contribution in [0.2, 0.25) is 0 Å². The van der Waals surface area contributed by atoms with Crippen LogP contribution in [0.3, 0.4) is 0 Å². The molecule has 1 unspecified atom stereocenters. The molecule has 0 heterocycles. The van der Waals surface area contributed by atoms with Crippen molar-refractivity contribution in [3.63, 3.8) is 0 Å². The van der Waals surface area contributed by atoms with E-state index in [2.05, 4.69) is 52.8 Å². The van der Waals surface area contributed by atoms with E-state index in [-0.39, 0.29) is 5.41 Å². The van der Waals surface area contributed by atoms with Gasteiger partial charge in [0.15, 0.2) is 0 Å². The number of nitrogens with two attached hydrogens (primary N) is 1. The van der Waals surface area contributed by atoms with Gasteiger partial charge < -0.3 is 5.73 Å². The molecule has 1 nitrogen and oxygen atoms in total. The molecular weight excluding hydrogens is 194 g/mol. The van der Waals surface area contributed by atoms with Crippen molar-refractivity contribution in [3.8, 4) is 0 Å². The molecule has 0 saturated carbocycles. The molecule has 1 rings (SSSR count). The van der Waals surface area contributed by atoms with E-state index in [0.29, 0.717) is 5.92 Å². The molecule has 0 spiro atoms. The molecule has 0 bridgehead atoms. The van der Waals surface area contributed by atoms with Crippen LogP contribution < -0.4 is 5.73 Å². The number of hydrogen-bond acceptors (Lipinski definition) is 1. The molecule has 90 valence electrons. The number of aryl methyl sites for hydroxylation is 1. The van der Waals surface area contributed by atoms with Crippen molar-refractivity contribution < 1.29 is 0 Å². The minimum absolute atomic E-state index is 0.239. The molecule has 1 heteroatoms. The van der Waals surface area contributed by atoms with Crippen LogP contribution >= 0.6 is 0 Å². The number of rotatable bonds is 3. The summed E-state index contributed by atoms with van der Waals surface area (Å²) in [5.41, 5.74) is 10.2. The van der Waals surface area contributed by atoms with Crippen molar-refractivity contribution in [2.24, 2.45) is 11.7 Å². The van der Waals surface area contributed by atoms with E-state index >= 15 is 0 Å². The standard InChI is InChI=1S/C15H25N/c1-11(10-16)8-13-6-7-14(9-12(13)2)15(3,4)5/h6-7,9,11H,8,10,16H2,1-5H3. The first-order valence-corrected chi connectivity index (χ1v) is 6.14. The van der Waals surface area contributed by atoms with Gasteiger partial charge in [-0.05, 0) is 47.9 Å². The molecule has 2 N–H and O–H groups in total. The Bertz CT molecular complexity index is 347. The van der Waals surface area contributed by atoms with E-state index in [9.17, 15) is 0 Å². The van der Waals surface area contributed by atoms with E-state index < -0.39 is 0 Å². The summed E-state index contributed by atoms with van der Waals surface area (Å²) in [7, 11) is 0. The Hall–Kier alpha value is -0.820. The predicted molar refractivity (Wildman–Crippen MR) is 71.8 cm³/mol. The molecule has 0 amide bonds. The summed E-state index contributed by atoms with van der Waals surface area (Å²) in [4.78, 5) is 0. The molecule has 1 aromatic rings. The van der Waals surface area contributed by atoms with Crippen molar-refractivity contribution in [3.05, 3.63) is 34.9 Å². The molecule has 0 aliphatic heterocycles. The van der Waals surface area contributed by atoms with Crippen LogP contribution in [0, 0.1) is 12.8 Å². The molecule has 0 aliphatic carbocycles. The van der Waals surface area contributed by atoms with E-state index in [1.54, 1.807) is 0 Å². The Balaban J connectivity index is 2.92. The molecule has 1 aromatic carbocycles. The normalized spacial score (nSPS) is 13.9. The number of benzene rings is 1. The first kappa shape index (κ1) is 13.2. The third-order valence-corrected chi connectivity index (χ3v) is 3.18. The minimum atomic E-state index is 0.239. The molecule has 1 atom stereocenters. The Kier molecular flexibility index (Phi) is 4.15. The average Bonchev–Trinajstić information content (AvgIpc) is 2.19. The van der Waals surface area contributed by atoms with Gasteiger partial charge in [0.1, 0.15) is 0 Å². The molecule has 0 saturated heterocycles. The summed E-state index contributed by atoms with van der Waals surface area (Å²) in [6.07, 6.45) is 1.09. The van der Waals surface area contributed by atoms with Crippen LogP contribution in [0.1, 0.15) is 44.4 Å². The second kappa shape index (κ2) is 5.01. The highest BCUT2D eigenvalue weighted by Crippen LogP contribution is 2.25. The molecule has 0 radical (unpaired) electrons. The van der Waals surface area contributed by atoms with E-state index in [0.717, 1.165) is 13.0 Å². The van der Waals surface area contributed by atoms with Crippen molar-refractivity contribution in [2.45, 2.75) is 46.5 Å². The van der Waals surface area contributed by atoms with Gasteiger partial charge in [-0.25, -0.2) is 0 Å². The average molecular weight is 219 g/mol. The van der Waals surface area contributed by atoms with Crippen LogP contribution in [0.5, 0.6) is 0 Å². The lowest BCUT2D eigenvalue weighted by atomic mass is 9.84. The van der Waals surface area contributed by atoms with Crippen LogP contribution in [0.4, 0.5) is 0 Å². The number of hydrogen-bond donors (Lipinski definition) is 1. The second-order valence-electron chi connectivity index (χ2n) is 5.94. The quantitative estimate of drug-likeness (QED) is 0.828. The third kappa shape index (κ3) is 3.34. The smallest absolute Gasteiger partial charge is 0.00483 e. The maximum Gasteiger partial charge on any atom is -0.00483 e. The lowest BCUT2D eigenvalue weighted by molar-refractivity contribution is 0.581. The monoisotopic (exact) mass is 219 g/mol. The topological polar surface area (TPSA) is 26.0 Å². The first-order chi connectivity index (χ1) is 7.34. The molecule has 0 aliphatic rings. The lowest BCUT2D eigenvalue weighted by Gasteiger charge is -2.21. The first-order valence-electron chi connectivity index (χ1n) is 6.14. The largest absolute Gasteiger partial charge is 0.330 e. The van der Waals surface area contributed by atoms with Gasteiger partial charge in [-0.3, -0.25) is 0 Å². The minimum Gasteiger partial charge on any atom is -0.330 e. The highest BCUT2D eigenvalue weighted by molar-refractivity contribution is 5.34. The van der Waals surface area contributed by atoms with Gasteiger partial charge in [0, 0.05) is 0 Å². The SMILES string of the molecule is Cc1cc(C(C)(C)C)ccc1CC(C)CN. The molecular formula is C15H25N. The summed E-state index contributed by atoms with van der Waals surface area (Å²) >= 11 is 0. The van der Waals surface area contributed by atoms with Gasteiger partial charge >= 0.3 is 0 Å². The van der Waals surface area contributed by atoms with Gasteiger partial charge in [-0.15, -0.1) is 0 Å². The van der Waals surface area contributed by atoms with Crippen molar-refractivity contribution in [1.82, 2.24) is 0 Å². The fraction of sp³-hybridized carbons (Fsp3) is 0.600. The lowest BCUT2D eigenvalue weighted by Crippen LogP contribution is -2.15. The van der Waals surface area contributed by atoms with Gasteiger partial charge in [0.2, 0.25) is 0 Å². The van der Waals surface area contributed by atoms with E-state index in [1.807, 2.05) is 0 Å². The maximum atomic E-state index is 5.67. The van der Waals surface area contributed by atoms with Crippen molar-refractivity contribution in [1.29, 1.82) is 0 Å². The third-order valence-electron chi connectivity index (χ3n) is 3.18. The van der Waals surface area contributed by atoms with Crippen molar-refractivity contribution >= 4 is 0 Å². The fourth-order valence-electron chi connectivity index (χ4n) is 1.85. The zero-order chi connectivity index (χ0) is 12.3. The zero-order valence-corrected chi connectivity index (χ0v) is 11.3. The van der Waals surface area contributed by atoms with Gasteiger partial charge in [-0.1, -0.05) is 45.9 Å². The van der Waals surface area contributed by atoms with Crippen molar-refractivity contribution in [2.75, 3.05) is 6.54 Å². The van der Waals surface area contributed by atoms with Gasteiger partial charge in [0.25, 0.3) is 0 Å². The van der Waals surface area contributed by atoms with Crippen LogP contribution in [0.15, 0.2) is 18.2 Å². The summed E-state index contributed by atoms with van der Waals surface area (Å²) in [5.74, 6) is 0.569. The molecule has 16 heavy (non-hydrogen) atoms. The summed E-state index contributed by atoms with van der Waals surface area (Å²) in [6.45, 7) is 11.9. The van der Waals surface area contributed by atoms with Crippen LogP contribution in [0.25, 0.3) is 0 Å². The summed E-state index contributed by atoms with van der Waals surface area (Å²) in [6, 6.07) is 6.84. The molecule has 0 aromatic heterocycles. The fourth-order valence-corrected chi connectivity index (χ4v) is 1.85. The van der Waals surface area contributed by atoms with Gasteiger partial charge in [0.05, 0.1) is 0 Å². The Morgan fingerprint density at radius 1 is 1.25 bits per heavy atom. The predicted octanol–water partition coefficient (Wildman–Crippen LogP) is 3.43. The van der Waals surface area contributed by atoms with E-state index in [1.165, 1.54) is 16.7 Å². The zero-order valence-electron chi connectivity index (χ0n) is 11.3. The van der Waals surface area contributed by atoms with Gasteiger partial charge in [-0.2, -0.15) is 0 Å². The highest BCUT2D eigenvalue weighted by atomic mass is 14.5. The summed E-state index contributed by atoms with van der Waals surface area (Å²) in [5, 5.41) is 0. The maximum absolute atomic E-state index is 5.67. The second-order valence-corrected chi connectivity index (χ2v) is 5.94. The van der Waals surface area contributed by atoms with E-state index in [4.69, 9.17) is 5.73 Å². The van der Waals surface area contributed by atoms with Crippen LogP contribution in [-0.4, -0.2) is 6.54 Å². The Morgan fingerprint density at radius 2 is 1.88 bits per heavy atom. The van der Waals surface area contributed by atoms with Crippen LogP contribution in [-0.2, 0) is 11.8 Å². The molecule has 0 fully saturated rings. The Labute approximate surface area is 100 Å². The Morgan fingerprint density at radius 3 is 2.31 bits per heavy atom.